The monoisotopic (exact) mass is 310 g/mol. The molecule has 0 aliphatic rings. The topological polar surface area (TPSA) is 58.2 Å². The van der Waals surface area contributed by atoms with E-state index in [0.717, 1.165) is 17.5 Å². The molecule has 4 heteroatoms. The van der Waals surface area contributed by atoms with E-state index in [1.165, 1.54) is 0 Å². The first-order chi connectivity index (χ1) is 11.1. The van der Waals surface area contributed by atoms with Crippen LogP contribution >= 0.6 is 0 Å². The highest BCUT2D eigenvalue weighted by molar-refractivity contribution is 5.99. The molecule has 0 saturated carbocycles. The van der Waals surface area contributed by atoms with E-state index < -0.39 is 0 Å². The van der Waals surface area contributed by atoms with Crippen molar-refractivity contribution in [2.45, 2.75) is 26.8 Å². The van der Waals surface area contributed by atoms with Crippen LogP contribution in [0.5, 0.6) is 0 Å². The number of hydrogen-bond donors (Lipinski definition) is 2. The van der Waals surface area contributed by atoms with Gasteiger partial charge in [0.15, 0.2) is 0 Å². The molecule has 2 N–H and O–H groups in total. The molecular formula is C19H22N2O2. The van der Waals surface area contributed by atoms with Crippen molar-refractivity contribution in [3.8, 4) is 0 Å². The van der Waals surface area contributed by atoms with Gasteiger partial charge in [-0.25, -0.2) is 0 Å². The summed E-state index contributed by atoms with van der Waals surface area (Å²) in [7, 11) is 0. The van der Waals surface area contributed by atoms with Crippen molar-refractivity contribution in [1.29, 1.82) is 0 Å². The molecule has 0 unspecified atom stereocenters. The molecule has 2 rings (SSSR count). The van der Waals surface area contributed by atoms with E-state index in [1.54, 1.807) is 24.3 Å². The lowest BCUT2D eigenvalue weighted by Crippen LogP contribution is -2.26. The molecule has 23 heavy (non-hydrogen) atoms. The van der Waals surface area contributed by atoms with Crippen LogP contribution in [0.15, 0.2) is 48.5 Å². The largest absolute Gasteiger partial charge is 0.352 e. The zero-order chi connectivity index (χ0) is 16.7. The molecule has 120 valence electrons. The van der Waals surface area contributed by atoms with Crippen LogP contribution in [0.25, 0.3) is 0 Å². The molecule has 4 nitrogen and oxygen atoms in total. The maximum Gasteiger partial charge on any atom is 0.251 e. The first-order valence-electron chi connectivity index (χ1n) is 7.82. The van der Waals surface area contributed by atoms with Crippen LogP contribution in [0.3, 0.4) is 0 Å². The minimum Gasteiger partial charge on any atom is -0.352 e. The van der Waals surface area contributed by atoms with E-state index in [0.29, 0.717) is 24.2 Å². The van der Waals surface area contributed by atoms with Crippen molar-refractivity contribution < 1.29 is 9.59 Å². The number of aryl methyl sites for hydroxylation is 1. The Balaban J connectivity index is 2.00. The molecule has 0 atom stereocenters. The van der Waals surface area contributed by atoms with Crippen LogP contribution in [0.2, 0.25) is 0 Å². The van der Waals surface area contributed by atoms with Gasteiger partial charge in [0.05, 0.1) is 0 Å². The molecule has 2 amide bonds. The third kappa shape index (κ3) is 4.95. The first-order valence-corrected chi connectivity index (χ1v) is 7.82. The second-order valence-electron chi connectivity index (χ2n) is 5.51. The summed E-state index contributed by atoms with van der Waals surface area (Å²) in [5.41, 5.74) is 3.20. The highest BCUT2D eigenvalue weighted by Gasteiger charge is 2.10. The van der Waals surface area contributed by atoms with E-state index in [-0.39, 0.29) is 11.8 Å². The van der Waals surface area contributed by atoms with Crippen LogP contribution < -0.4 is 10.6 Å². The summed E-state index contributed by atoms with van der Waals surface area (Å²) >= 11 is 0. The number of carbonyl (C=O) groups is 2. The third-order valence-corrected chi connectivity index (χ3v) is 3.46. The molecule has 2 aromatic rings. The Labute approximate surface area is 136 Å². The fraction of sp³-hybridized carbons (Fsp3) is 0.263. The summed E-state index contributed by atoms with van der Waals surface area (Å²) in [6, 6.07) is 14.8. The number of hydrogen-bond acceptors (Lipinski definition) is 2. The van der Waals surface area contributed by atoms with E-state index in [4.69, 9.17) is 0 Å². The summed E-state index contributed by atoms with van der Waals surface area (Å²) in [6.07, 6.45) is 0.877. The van der Waals surface area contributed by atoms with Crippen LogP contribution in [0.1, 0.15) is 45.2 Å². The molecule has 0 aliphatic carbocycles. The van der Waals surface area contributed by atoms with E-state index >= 15 is 0 Å². The normalized spacial score (nSPS) is 10.2. The maximum absolute atomic E-state index is 12.2. The van der Waals surface area contributed by atoms with Gasteiger partial charge in [0.1, 0.15) is 0 Å². The van der Waals surface area contributed by atoms with Gasteiger partial charge in [-0.3, -0.25) is 9.59 Å². The minimum absolute atomic E-state index is 0.153. The van der Waals surface area contributed by atoms with Crippen molar-refractivity contribution in [3.63, 3.8) is 0 Å². The number of amides is 2. The number of nitrogens with one attached hydrogen (secondary N) is 2. The Bertz CT molecular complexity index is 695. The summed E-state index contributed by atoms with van der Waals surface area (Å²) in [4.78, 5) is 24.2. The van der Waals surface area contributed by atoms with Crippen molar-refractivity contribution in [2.24, 2.45) is 0 Å². The standard InChI is InChI=1S/C19H22N2O2/c1-3-10-20-18(22)16-8-5-9-17(12-16)19(23)21-13-15-7-4-6-14(2)11-15/h4-9,11-12H,3,10,13H2,1-2H3,(H,20,22)(H,21,23). The quantitative estimate of drug-likeness (QED) is 0.861. The average Bonchev–Trinajstić information content (AvgIpc) is 2.57. The number of benzene rings is 2. The van der Waals surface area contributed by atoms with Gasteiger partial charge in [0.2, 0.25) is 0 Å². The van der Waals surface area contributed by atoms with E-state index in [2.05, 4.69) is 10.6 Å². The minimum atomic E-state index is -0.184. The Hall–Kier alpha value is -2.62. The van der Waals surface area contributed by atoms with Gasteiger partial charge in [-0.2, -0.15) is 0 Å². The zero-order valence-electron chi connectivity index (χ0n) is 13.6. The highest BCUT2D eigenvalue weighted by Crippen LogP contribution is 2.07. The Morgan fingerprint density at radius 2 is 1.57 bits per heavy atom. The van der Waals surface area contributed by atoms with Crippen LogP contribution in [0, 0.1) is 6.92 Å². The van der Waals surface area contributed by atoms with Gasteiger partial charge in [-0.1, -0.05) is 42.8 Å². The summed E-state index contributed by atoms with van der Waals surface area (Å²) < 4.78 is 0. The van der Waals surface area contributed by atoms with Crippen molar-refractivity contribution in [1.82, 2.24) is 10.6 Å². The summed E-state index contributed by atoms with van der Waals surface area (Å²) in [5.74, 6) is -0.336. The highest BCUT2D eigenvalue weighted by atomic mass is 16.2. The molecule has 0 aromatic heterocycles. The predicted octanol–water partition coefficient (Wildman–Crippen LogP) is 3.06. The fourth-order valence-electron chi connectivity index (χ4n) is 2.25. The summed E-state index contributed by atoms with van der Waals surface area (Å²) in [6.45, 7) is 5.11. The molecule has 0 spiro atoms. The second-order valence-corrected chi connectivity index (χ2v) is 5.51. The van der Waals surface area contributed by atoms with Gasteiger partial charge < -0.3 is 10.6 Å². The predicted molar refractivity (Wildman–Crippen MR) is 91.4 cm³/mol. The van der Waals surface area contributed by atoms with Gasteiger partial charge in [0.25, 0.3) is 11.8 Å². The lowest BCUT2D eigenvalue weighted by atomic mass is 10.1. The molecule has 0 fully saturated rings. The van der Waals surface area contributed by atoms with Crippen LogP contribution in [-0.2, 0) is 6.54 Å². The van der Waals surface area contributed by atoms with Crippen molar-refractivity contribution in [3.05, 3.63) is 70.8 Å². The summed E-state index contributed by atoms with van der Waals surface area (Å²) in [5, 5.41) is 5.69. The van der Waals surface area contributed by atoms with E-state index in [1.807, 2.05) is 38.1 Å². The maximum atomic E-state index is 12.2. The lowest BCUT2D eigenvalue weighted by Gasteiger charge is -2.08. The SMILES string of the molecule is CCCNC(=O)c1cccc(C(=O)NCc2cccc(C)c2)c1. The van der Waals surface area contributed by atoms with Crippen molar-refractivity contribution >= 4 is 11.8 Å². The Morgan fingerprint density at radius 1 is 0.913 bits per heavy atom. The zero-order valence-corrected chi connectivity index (χ0v) is 13.6. The van der Waals surface area contributed by atoms with Gasteiger partial charge in [-0.05, 0) is 37.1 Å². The van der Waals surface area contributed by atoms with Gasteiger partial charge >= 0.3 is 0 Å². The molecule has 0 saturated heterocycles. The molecule has 2 aromatic carbocycles. The van der Waals surface area contributed by atoms with E-state index in [9.17, 15) is 9.59 Å². The first kappa shape index (κ1) is 16.7. The molecular weight excluding hydrogens is 288 g/mol. The average molecular weight is 310 g/mol. The van der Waals surface area contributed by atoms with Crippen molar-refractivity contribution in [2.75, 3.05) is 6.54 Å². The lowest BCUT2D eigenvalue weighted by molar-refractivity contribution is 0.0950. The van der Waals surface area contributed by atoms with Crippen LogP contribution in [0.4, 0.5) is 0 Å². The molecule has 0 heterocycles. The fourth-order valence-corrected chi connectivity index (χ4v) is 2.25. The second kappa shape index (κ2) is 8.13. The van der Waals surface area contributed by atoms with Gasteiger partial charge in [-0.15, -0.1) is 0 Å². The molecule has 0 aliphatic heterocycles. The van der Waals surface area contributed by atoms with Crippen LogP contribution in [-0.4, -0.2) is 18.4 Å². The Kier molecular flexibility index (Phi) is 5.92. The smallest absolute Gasteiger partial charge is 0.251 e. The molecule has 0 radical (unpaired) electrons. The number of rotatable bonds is 6. The third-order valence-electron chi connectivity index (χ3n) is 3.46. The molecule has 0 bridgehead atoms. The Morgan fingerprint density at radius 3 is 2.22 bits per heavy atom. The number of carbonyl (C=O) groups excluding carboxylic acids is 2. The van der Waals surface area contributed by atoms with Gasteiger partial charge in [0, 0.05) is 24.2 Å².